The van der Waals surface area contributed by atoms with Crippen LogP contribution in [0.3, 0.4) is 0 Å². The van der Waals surface area contributed by atoms with Crippen molar-refractivity contribution in [2.45, 2.75) is 11.4 Å². The Labute approximate surface area is 173 Å². The van der Waals surface area contributed by atoms with Gasteiger partial charge in [-0.1, -0.05) is 41.9 Å². The summed E-state index contributed by atoms with van der Waals surface area (Å²) in [5, 5.41) is 0.337. The van der Waals surface area contributed by atoms with Crippen molar-refractivity contribution < 1.29 is 17.9 Å². The monoisotopic (exact) mass is 428 g/mol. The fraction of sp³-hybridized carbons (Fsp3) is 0.0952. The molecule has 0 fully saturated rings. The van der Waals surface area contributed by atoms with Crippen LogP contribution in [0.25, 0.3) is 0 Å². The van der Waals surface area contributed by atoms with Gasteiger partial charge in [-0.25, -0.2) is 13.2 Å². The highest BCUT2D eigenvalue weighted by molar-refractivity contribution is 7.94. The molecule has 8 heteroatoms. The number of carbonyl (C=O) groups is 1. The average Bonchev–Trinajstić information content (AvgIpc) is 2.71. The molecule has 0 unspecified atom stereocenters. The molecule has 148 valence electrons. The number of benzene rings is 3. The van der Waals surface area contributed by atoms with E-state index in [0.29, 0.717) is 16.5 Å². The van der Waals surface area contributed by atoms with E-state index in [1.807, 2.05) is 18.2 Å². The number of anilines is 2. The van der Waals surface area contributed by atoms with E-state index in [9.17, 15) is 13.2 Å². The number of nitrogens with zero attached hydrogens (tertiary/aromatic N) is 2. The number of fused-ring (bicyclic) bond motifs is 1. The molecule has 0 N–H and O–H groups in total. The Morgan fingerprint density at radius 1 is 0.966 bits per heavy atom. The van der Waals surface area contributed by atoms with Crippen LogP contribution in [0, 0.1) is 0 Å². The molecule has 0 atom stereocenters. The van der Waals surface area contributed by atoms with Crippen molar-refractivity contribution >= 4 is 39.0 Å². The van der Waals surface area contributed by atoms with E-state index in [0.717, 1.165) is 9.87 Å². The van der Waals surface area contributed by atoms with Crippen LogP contribution in [-0.2, 0) is 16.6 Å². The predicted molar refractivity (Wildman–Crippen MR) is 112 cm³/mol. The SMILES string of the molecule is COc1cccc(CN2C(=O)N(c3cccc(Cl)c3)S(=O)(=O)c3ccccc32)c1. The lowest BCUT2D eigenvalue weighted by Gasteiger charge is -2.36. The van der Waals surface area contributed by atoms with Gasteiger partial charge < -0.3 is 4.74 Å². The highest BCUT2D eigenvalue weighted by Gasteiger charge is 2.42. The number of hydrogen-bond donors (Lipinski definition) is 0. The summed E-state index contributed by atoms with van der Waals surface area (Å²) < 4.78 is 32.5. The van der Waals surface area contributed by atoms with Gasteiger partial charge in [0.2, 0.25) is 0 Å². The van der Waals surface area contributed by atoms with E-state index in [2.05, 4.69) is 0 Å². The first-order valence-electron chi connectivity index (χ1n) is 8.76. The molecule has 0 spiro atoms. The zero-order valence-electron chi connectivity index (χ0n) is 15.4. The minimum absolute atomic E-state index is 0.0578. The number of sulfonamides is 1. The summed E-state index contributed by atoms with van der Waals surface area (Å²) in [4.78, 5) is 14.9. The van der Waals surface area contributed by atoms with Crippen LogP contribution >= 0.6 is 11.6 Å². The second-order valence-electron chi connectivity index (χ2n) is 6.44. The zero-order valence-corrected chi connectivity index (χ0v) is 17.0. The van der Waals surface area contributed by atoms with Gasteiger partial charge in [-0.2, -0.15) is 4.31 Å². The minimum Gasteiger partial charge on any atom is -0.497 e. The summed E-state index contributed by atoms with van der Waals surface area (Å²) in [6.45, 7) is 0.180. The highest BCUT2D eigenvalue weighted by atomic mass is 35.5. The van der Waals surface area contributed by atoms with Gasteiger partial charge in [-0.3, -0.25) is 4.90 Å². The third-order valence-electron chi connectivity index (χ3n) is 4.60. The molecule has 0 bridgehead atoms. The second kappa shape index (κ2) is 7.42. The lowest BCUT2D eigenvalue weighted by molar-refractivity contribution is 0.253. The van der Waals surface area contributed by atoms with Crippen molar-refractivity contribution in [2.75, 3.05) is 16.3 Å². The molecule has 0 aromatic heterocycles. The molecular formula is C21H17ClN2O4S. The van der Waals surface area contributed by atoms with Crippen molar-refractivity contribution in [1.29, 1.82) is 0 Å². The van der Waals surface area contributed by atoms with Crippen LogP contribution in [-0.4, -0.2) is 21.6 Å². The number of hydrogen-bond acceptors (Lipinski definition) is 4. The highest BCUT2D eigenvalue weighted by Crippen LogP contribution is 2.38. The second-order valence-corrected chi connectivity index (χ2v) is 8.63. The van der Waals surface area contributed by atoms with E-state index >= 15 is 0 Å². The van der Waals surface area contributed by atoms with Crippen molar-refractivity contribution in [3.63, 3.8) is 0 Å². The van der Waals surface area contributed by atoms with E-state index in [-0.39, 0.29) is 17.1 Å². The van der Waals surface area contributed by atoms with Gasteiger partial charge in [-0.15, -0.1) is 0 Å². The van der Waals surface area contributed by atoms with Crippen LogP contribution in [0.15, 0.2) is 77.7 Å². The number of urea groups is 1. The number of methoxy groups -OCH3 is 1. The van der Waals surface area contributed by atoms with E-state index in [4.69, 9.17) is 16.3 Å². The molecular weight excluding hydrogens is 412 g/mol. The molecule has 0 saturated heterocycles. The number of halogens is 1. The summed E-state index contributed by atoms with van der Waals surface area (Å²) in [5.74, 6) is 0.652. The van der Waals surface area contributed by atoms with Gasteiger partial charge in [0.25, 0.3) is 10.0 Å². The van der Waals surface area contributed by atoms with Crippen LogP contribution in [0.1, 0.15) is 5.56 Å². The van der Waals surface area contributed by atoms with Gasteiger partial charge in [0.05, 0.1) is 25.0 Å². The van der Waals surface area contributed by atoms with Gasteiger partial charge in [0.15, 0.2) is 0 Å². The van der Waals surface area contributed by atoms with Crippen LogP contribution in [0.5, 0.6) is 5.75 Å². The smallest absolute Gasteiger partial charge is 0.343 e. The molecule has 1 heterocycles. The van der Waals surface area contributed by atoms with Crippen LogP contribution in [0.4, 0.5) is 16.2 Å². The molecule has 1 aliphatic heterocycles. The fourth-order valence-corrected chi connectivity index (χ4v) is 5.04. The van der Waals surface area contributed by atoms with E-state index in [1.165, 1.54) is 17.0 Å². The number of rotatable bonds is 4. The molecule has 0 radical (unpaired) electrons. The summed E-state index contributed by atoms with van der Waals surface area (Å²) in [7, 11) is -2.52. The third-order valence-corrected chi connectivity index (χ3v) is 6.58. The molecule has 29 heavy (non-hydrogen) atoms. The Hall–Kier alpha value is -3.03. The Morgan fingerprint density at radius 2 is 1.72 bits per heavy atom. The average molecular weight is 429 g/mol. The molecule has 3 aromatic rings. The Kier molecular flexibility index (Phi) is 4.94. The number of para-hydroxylation sites is 1. The van der Waals surface area contributed by atoms with Gasteiger partial charge in [0.1, 0.15) is 10.6 Å². The maximum absolute atomic E-state index is 13.4. The van der Waals surface area contributed by atoms with Gasteiger partial charge in [0, 0.05) is 5.02 Å². The maximum Gasteiger partial charge on any atom is 0.343 e. The fourth-order valence-electron chi connectivity index (χ4n) is 3.27. The molecule has 4 rings (SSSR count). The zero-order chi connectivity index (χ0) is 20.6. The van der Waals surface area contributed by atoms with E-state index in [1.54, 1.807) is 49.6 Å². The third kappa shape index (κ3) is 3.43. The minimum atomic E-state index is -4.08. The first-order valence-corrected chi connectivity index (χ1v) is 10.6. The Balaban J connectivity index is 1.85. The van der Waals surface area contributed by atoms with E-state index < -0.39 is 16.1 Å². The lowest BCUT2D eigenvalue weighted by atomic mass is 10.2. The normalized spacial score (nSPS) is 15.2. The van der Waals surface area contributed by atoms with Crippen LogP contribution < -0.4 is 13.9 Å². The number of carbonyl (C=O) groups excluding carboxylic acids is 1. The molecule has 2 amide bonds. The first-order chi connectivity index (χ1) is 13.9. The Bertz CT molecular complexity index is 1200. The molecule has 3 aromatic carbocycles. The van der Waals surface area contributed by atoms with Gasteiger partial charge in [-0.05, 0) is 48.0 Å². The lowest BCUT2D eigenvalue weighted by Crippen LogP contribution is -2.50. The standard InChI is InChI=1S/C21H17ClN2O4S/c1-28-18-9-4-6-15(12-18)14-23-19-10-2-3-11-20(19)29(26,27)24(21(23)25)17-8-5-7-16(22)13-17/h2-13H,14H2,1H3. The summed E-state index contributed by atoms with van der Waals surface area (Å²) in [6, 6.07) is 19.3. The van der Waals surface area contributed by atoms with Crippen LogP contribution in [0.2, 0.25) is 5.02 Å². The first kappa shape index (κ1) is 19.3. The predicted octanol–water partition coefficient (Wildman–Crippen LogP) is 4.68. The topological polar surface area (TPSA) is 66.9 Å². The number of amides is 2. The van der Waals surface area contributed by atoms with Crippen molar-refractivity contribution in [3.8, 4) is 5.75 Å². The van der Waals surface area contributed by atoms with Gasteiger partial charge >= 0.3 is 6.03 Å². The summed E-state index contributed by atoms with van der Waals surface area (Å²) >= 11 is 6.04. The number of ether oxygens (including phenoxy) is 1. The quantitative estimate of drug-likeness (QED) is 0.605. The van der Waals surface area contributed by atoms with Crippen molar-refractivity contribution in [2.24, 2.45) is 0 Å². The largest absolute Gasteiger partial charge is 0.497 e. The maximum atomic E-state index is 13.4. The molecule has 1 aliphatic rings. The van der Waals surface area contributed by atoms with Crippen molar-refractivity contribution in [1.82, 2.24) is 0 Å². The Morgan fingerprint density at radius 3 is 2.48 bits per heavy atom. The summed E-state index contributed by atoms with van der Waals surface area (Å²) in [6.07, 6.45) is 0. The molecule has 0 saturated carbocycles. The molecule has 0 aliphatic carbocycles. The molecule has 6 nitrogen and oxygen atoms in total. The van der Waals surface area contributed by atoms with Crippen molar-refractivity contribution in [3.05, 3.63) is 83.4 Å². The summed E-state index contributed by atoms with van der Waals surface area (Å²) in [5.41, 5.74) is 1.32.